The summed E-state index contributed by atoms with van der Waals surface area (Å²) in [6.07, 6.45) is 1.04. The van der Waals surface area contributed by atoms with E-state index in [9.17, 15) is 13.2 Å². The fourth-order valence-corrected chi connectivity index (χ4v) is 3.00. The molecule has 0 aliphatic rings. The molecule has 118 valence electrons. The Morgan fingerprint density at radius 2 is 1.86 bits per heavy atom. The van der Waals surface area contributed by atoms with Crippen molar-refractivity contribution in [3.63, 3.8) is 0 Å². The Hall–Kier alpha value is -1.60. The first-order valence-electron chi connectivity index (χ1n) is 6.91. The predicted octanol–water partition coefficient (Wildman–Crippen LogP) is 1.27. The first-order valence-corrected chi connectivity index (χ1v) is 8.39. The molecule has 0 radical (unpaired) electrons. The van der Waals surface area contributed by atoms with E-state index in [-0.39, 0.29) is 10.8 Å². The molecule has 21 heavy (non-hydrogen) atoms. The zero-order chi connectivity index (χ0) is 15.9. The van der Waals surface area contributed by atoms with Crippen molar-refractivity contribution in [3.8, 4) is 0 Å². The second kappa shape index (κ2) is 7.99. The van der Waals surface area contributed by atoms with Crippen LogP contribution in [-0.2, 0) is 14.8 Å². The van der Waals surface area contributed by atoms with Crippen LogP contribution < -0.4 is 10.0 Å². The van der Waals surface area contributed by atoms with Crippen LogP contribution in [0.15, 0.2) is 29.2 Å². The first kappa shape index (κ1) is 17.5. The molecule has 1 aromatic rings. The SMILES string of the molecule is CCCNS(=O)(=O)c1ccccc1NCCC(=O)N(C)C. The van der Waals surface area contributed by atoms with Crippen LogP contribution in [0.5, 0.6) is 0 Å². The first-order chi connectivity index (χ1) is 9.88. The fourth-order valence-electron chi connectivity index (χ4n) is 1.69. The number of carbonyl (C=O) groups is 1. The van der Waals surface area contributed by atoms with Gasteiger partial charge in [0, 0.05) is 33.6 Å². The Morgan fingerprint density at radius 3 is 2.48 bits per heavy atom. The summed E-state index contributed by atoms with van der Waals surface area (Å²) in [6.45, 7) is 2.69. The minimum atomic E-state index is -3.53. The molecule has 0 aliphatic heterocycles. The van der Waals surface area contributed by atoms with Crippen molar-refractivity contribution in [1.29, 1.82) is 0 Å². The highest BCUT2D eigenvalue weighted by molar-refractivity contribution is 7.89. The maximum absolute atomic E-state index is 12.2. The van der Waals surface area contributed by atoms with E-state index in [0.29, 0.717) is 25.2 Å². The lowest BCUT2D eigenvalue weighted by molar-refractivity contribution is -0.128. The molecule has 0 saturated carbocycles. The van der Waals surface area contributed by atoms with E-state index in [1.807, 2.05) is 6.92 Å². The summed E-state index contributed by atoms with van der Waals surface area (Å²) in [4.78, 5) is 13.2. The summed E-state index contributed by atoms with van der Waals surface area (Å²) in [7, 11) is -0.148. The number of nitrogens with one attached hydrogen (secondary N) is 2. The van der Waals surface area contributed by atoms with Gasteiger partial charge in [0.25, 0.3) is 0 Å². The summed E-state index contributed by atoms with van der Waals surface area (Å²) in [5.41, 5.74) is 0.507. The largest absolute Gasteiger partial charge is 0.383 e. The molecule has 6 nitrogen and oxygen atoms in total. The number of nitrogens with zero attached hydrogens (tertiary/aromatic N) is 1. The fraction of sp³-hybridized carbons (Fsp3) is 0.500. The third kappa shape index (κ3) is 5.35. The van der Waals surface area contributed by atoms with Gasteiger partial charge in [-0.1, -0.05) is 19.1 Å². The van der Waals surface area contributed by atoms with Crippen molar-refractivity contribution in [2.45, 2.75) is 24.7 Å². The average Bonchev–Trinajstić information content (AvgIpc) is 2.45. The highest BCUT2D eigenvalue weighted by atomic mass is 32.2. The molecule has 0 bridgehead atoms. The molecule has 0 fully saturated rings. The molecule has 0 saturated heterocycles. The summed E-state index contributed by atoms with van der Waals surface area (Å²) in [6, 6.07) is 6.68. The third-order valence-corrected chi connectivity index (χ3v) is 4.39. The van der Waals surface area contributed by atoms with Crippen molar-refractivity contribution in [3.05, 3.63) is 24.3 Å². The van der Waals surface area contributed by atoms with Crippen LogP contribution in [0.3, 0.4) is 0 Å². The Labute approximate surface area is 126 Å². The number of rotatable bonds is 8. The van der Waals surface area contributed by atoms with Crippen LogP contribution in [0.2, 0.25) is 0 Å². The molecular formula is C14H23N3O3S. The third-order valence-electron chi connectivity index (χ3n) is 2.87. The van der Waals surface area contributed by atoms with E-state index in [4.69, 9.17) is 0 Å². The molecule has 1 rings (SSSR count). The van der Waals surface area contributed by atoms with Crippen LogP contribution in [0.25, 0.3) is 0 Å². The number of hydrogen-bond acceptors (Lipinski definition) is 4. The van der Waals surface area contributed by atoms with Gasteiger partial charge in [0.05, 0.1) is 5.69 Å². The average molecular weight is 313 g/mol. The Kier molecular flexibility index (Phi) is 6.64. The van der Waals surface area contributed by atoms with Gasteiger partial charge in [-0.05, 0) is 18.6 Å². The Bertz CT molecular complexity index is 571. The van der Waals surface area contributed by atoms with Crippen LogP contribution in [-0.4, -0.2) is 46.4 Å². The van der Waals surface area contributed by atoms with Crippen LogP contribution in [0.1, 0.15) is 19.8 Å². The normalized spacial score (nSPS) is 11.2. The van der Waals surface area contributed by atoms with Crippen molar-refractivity contribution < 1.29 is 13.2 Å². The van der Waals surface area contributed by atoms with Crippen molar-refractivity contribution in [1.82, 2.24) is 9.62 Å². The maximum Gasteiger partial charge on any atom is 0.242 e. The maximum atomic E-state index is 12.2. The zero-order valence-corrected chi connectivity index (χ0v) is 13.5. The predicted molar refractivity (Wildman–Crippen MR) is 83.7 cm³/mol. The molecule has 1 amide bonds. The van der Waals surface area contributed by atoms with Gasteiger partial charge in [0.2, 0.25) is 15.9 Å². The summed E-state index contributed by atoms with van der Waals surface area (Å²) in [5, 5.41) is 3.01. The minimum absolute atomic E-state index is 0.00746. The zero-order valence-electron chi connectivity index (χ0n) is 12.7. The lowest BCUT2D eigenvalue weighted by Gasteiger charge is -2.14. The minimum Gasteiger partial charge on any atom is -0.383 e. The second-order valence-electron chi connectivity index (χ2n) is 4.86. The van der Waals surface area contributed by atoms with Crippen LogP contribution in [0, 0.1) is 0 Å². The summed E-state index contributed by atoms with van der Waals surface area (Å²) >= 11 is 0. The van der Waals surface area contributed by atoms with Gasteiger partial charge in [-0.25, -0.2) is 13.1 Å². The number of anilines is 1. The number of sulfonamides is 1. The number of amides is 1. The Balaban J connectivity index is 2.78. The second-order valence-corrected chi connectivity index (χ2v) is 6.59. The molecule has 0 spiro atoms. The quantitative estimate of drug-likeness (QED) is 0.757. The van der Waals surface area contributed by atoms with Gasteiger partial charge in [-0.3, -0.25) is 4.79 Å². The number of para-hydroxylation sites is 1. The lowest BCUT2D eigenvalue weighted by atomic mass is 10.3. The summed E-state index contributed by atoms with van der Waals surface area (Å²) in [5.74, 6) is -0.00746. The van der Waals surface area contributed by atoms with E-state index >= 15 is 0 Å². The molecule has 0 aromatic heterocycles. The van der Waals surface area contributed by atoms with E-state index in [1.54, 1.807) is 38.4 Å². The van der Waals surface area contributed by atoms with Crippen molar-refractivity contribution >= 4 is 21.6 Å². The van der Waals surface area contributed by atoms with E-state index in [2.05, 4.69) is 10.0 Å². The Morgan fingerprint density at radius 1 is 1.19 bits per heavy atom. The van der Waals surface area contributed by atoms with Crippen LogP contribution >= 0.6 is 0 Å². The molecule has 0 unspecified atom stereocenters. The molecule has 0 heterocycles. The molecule has 1 aromatic carbocycles. The monoisotopic (exact) mass is 313 g/mol. The molecule has 7 heteroatoms. The molecular weight excluding hydrogens is 290 g/mol. The standard InChI is InChI=1S/C14H23N3O3S/c1-4-10-16-21(19,20)13-8-6-5-7-12(13)15-11-9-14(18)17(2)3/h5-8,15-16H,4,9-11H2,1-3H3. The molecule has 2 N–H and O–H groups in total. The van der Waals surface area contributed by atoms with Gasteiger partial charge in [-0.2, -0.15) is 0 Å². The van der Waals surface area contributed by atoms with E-state index < -0.39 is 10.0 Å². The smallest absolute Gasteiger partial charge is 0.242 e. The van der Waals surface area contributed by atoms with Gasteiger partial charge >= 0.3 is 0 Å². The van der Waals surface area contributed by atoms with Crippen LogP contribution in [0.4, 0.5) is 5.69 Å². The topological polar surface area (TPSA) is 78.5 Å². The van der Waals surface area contributed by atoms with Gasteiger partial charge < -0.3 is 10.2 Å². The number of benzene rings is 1. The van der Waals surface area contributed by atoms with Crippen molar-refractivity contribution in [2.24, 2.45) is 0 Å². The van der Waals surface area contributed by atoms with Crippen molar-refractivity contribution in [2.75, 3.05) is 32.5 Å². The number of carbonyl (C=O) groups excluding carboxylic acids is 1. The summed E-state index contributed by atoms with van der Waals surface area (Å²) < 4.78 is 26.9. The van der Waals surface area contributed by atoms with Gasteiger partial charge in [-0.15, -0.1) is 0 Å². The van der Waals surface area contributed by atoms with E-state index in [0.717, 1.165) is 6.42 Å². The lowest BCUT2D eigenvalue weighted by Crippen LogP contribution is -2.26. The number of hydrogen-bond donors (Lipinski definition) is 2. The highest BCUT2D eigenvalue weighted by Crippen LogP contribution is 2.20. The van der Waals surface area contributed by atoms with E-state index in [1.165, 1.54) is 4.90 Å². The molecule has 0 aliphatic carbocycles. The highest BCUT2D eigenvalue weighted by Gasteiger charge is 2.17. The van der Waals surface area contributed by atoms with Gasteiger partial charge in [0.15, 0.2) is 0 Å². The van der Waals surface area contributed by atoms with Gasteiger partial charge in [0.1, 0.15) is 4.90 Å². The molecule has 0 atom stereocenters.